The molecule has 0 spiro atoms. The molecule has 3 rings (SSSR count). The van der Waals surface area contributed by atoms with Crippen molar-refractivity contribution in [3.05, 3.63) is 65.7 Å². The van der Waals surface area contributed by atoms with E-state index in [2.05, 4.69) is 5.32 Å². The molecule has 21 heavy (non-hydrogen) atoms. The fourth-order valence-corrected chi connectivity index (χ4v) is 2.73. The van der Waals surface area contributed by atoms with Crippen molar-refractivity contribution in [2.24, 2.45) is 0 Å². The van der Waals surface area contributed by atoms with Gasteiger partial charge in [0.25, 0.3) is 0 Å². The number of nitrogens with two attached hydrogens (primary N) is 1. The summed E-state index contributed by atoms with van der Waals surface area (Å²) >= 11 is 0. The van der Waals surface area contributed by atoms with E-state index in [9.17, 15) is 4.79 Å². The summed E-state index contributed by atoms with van der Waals surface area (Å²) in [4.78, 5) is 12.7. The molecule has 0 bridgehead atoms. The Bertz CT molecular complexity index is 630. The van der Waals surface area contributed by atoms with Crippen LogP contribution in [0.2, 0.25) is 0 Å². The first-order valence-corrected chi connectivity index (χ1v) is 7.34. The number of carbonyl (C=O) groups excluding carboxylic acids is 1. The lowest BCUT2D eigenvalue weighted by atomic mass is 9.94. The molecule has 1 amide bonds. The lowest BCUT2D eigenvalue weighted by Crippen LogP contribution is -2.36. The Morgan fingerprint density at radius 3 is 2.29 bits per heavy atom. The predicted molar refractivity (Wildman–Crippen MR) is 84.8 cm³/mol. The van der Waals surface area contributed by atoms with Crippen molar-refractivity contribution in [2.45, 2.75) is 31.2 Å². The molecule has 0 aromatic heterocycles. The number of nitrogens with one attached hydrogen (secondary N) is 1. The van der Waals surface area contributed by atoms with Crippen LogP contribution in [0.3, 0.4) is 0 Å². The van der Waals surface area contributed by atoms with E-state index in [1.54, 1.807) is 0 Å². The van der Waals surface area contributed by atoms with Crippen LogP contribution < -0.4 is 11.1 Å². The number of benzene rings is 2. The summed E-state index contributed by atoms with van der Waals surface area (Å²) in [5.74, 6) is 0.114. The third kappa shape index (κ3) is 2.64. The van der Waals surface area contributed by atoms with Crippen LogP contribution in [0.4, 0.5) is 5.69 Å². The van der Waals surface area contributed by atoms with Crippen LogP contribution in [0.1, 0.15) is 36.9 Å². The molecule has 3 N–H and O–H groups in total. The highest BCUT2D eigenvalue weighted by Crippen LogP contribution is 2.48. The van der Waals surface area contributed by atoms with Gasteiger partial charge in [0.05, 0.1) is 11.5 Å². The van der Waals surface area contributed by atoms with E-state index in [-0.39, 0.29) is 17.4 Å². The quantitative estimate of drug-likeness (QED) is 0.845. The zero-order valence-electron chi connectivity index (χ0n) is 12.2. The van der Waals surface area contributed by atoms with Crippen molar-refractivity contribution in [3.8, 4) is 0 Å². The summed E-state index contributed by atoms with van der Waals surface area (Å²) in [6.07, 6.45) is 1.81. The van der Waals surface area contributed by atoms with E-state index in [0.29, 0.717) is 0 Å². The molecule has 108 valence electrons. The first-order chi connectivity index (χ1) is 10.1. The molecule has 0 saturated heterocycles. The van der Waals surface area contributed by atoms with Crippen molar-refractivity contribution in [3.63, 3.8) is 0 Å². The van der Waals surface area contributed by atoms with Crippen LogP contribution in [-0.4, -0.2) is 5.91 Å². The van der Waals surface area contributed by atoms with Crippen LogP contribution in [0.5, 0.6) is 0 Å². The molecule has 0 aliphatic heterocycles. The van der Waals surface area contributed by atoms with Crippen LogP contribution in [0.15, 0.2) is 54.6 Å². The molecular weight excluding hydrogens is 260 g/mol. The van der Waals surface area contributed by atoms with Crippen molar-refractivity contribution in [2.75, 3.05) is 5.73 Å². The fraction of sp³-hybridized carbons (Fsp3) is 0.278. The van der Waals surface area contributed by atoms with E-state index in [1.807, 2.05) is 61.5 Å². The molecule has 0 unspecified atom stereocenters. The van der Waals surface area contributed by atoms with Gasteiger partial charge in [-0.2, -0.15) is 0 Å². The molecular formula is C18H20N2O. The maximum Gasteiger partial charge on any atom is 0.231 e. The largest absolute Gasteiger partial charge is 0.399 e. The van der Waals surface area contributed by atoms with Crippen molar-refractivity contribution in [1.82, 2.24) is 5.32 Å². The van der Waals surface area contributed by atoms with Crippen molar-refractivity contribution in [1.29, 1.82) is 0 Å². The Morgan fingerprint density at radius 2 is 1.71 bits per heavy atom. The van der Waals surface area contributed by atoms with Crippen molar-refractivity contribution < 1.29 is 4.79 Å². The maximum atomic E-state index is 12.7. The molecule has 3 nitrogen and oxygen atoms in total. The molecule has 1 saturated carbocycles. The molecule has 1 aliphatic carbocycles. The summed E-state index contributed by atoms with van der Waals surface area (Å²) < 4.78 is 0. The van der Waals surface area contributed by atoms with Gasteiger partial charge in [-0.05, 0) is 43.0 Å². The van der Waals surface area contributed by atoms with Gasteiger partial charge in [0.15, 0.2) is 0 Å². The topological polar surface area (TPSA) is 55.1 Å². The smallest absolute Gasteiger partial charge is 0.231 e. The average Bonchev–Trinajstić information content (AvgIpc) is 3.30. The summed E-state index contributed by atoms with van der Waals surface area (Å²) in [6.45, 7) is 2.02. The highest BCUT2D eigenvalue weighted by molar-refractivity contribution is 5.91. The van der Waals surface area contributed by atoms with Gasteiger partial charge in [-0.25, -0.2) is 0 Å². The first-order valence-electron chi connectivity index (χ1n) is 7.34. The zero-order chi connectivity index (χ0) is 14.9. The van der Waals surface area contributed by atoms with E-state index in [1.165, 1.54) is 0 Å². The lowest BCUT2D eigenvalue weighted by Gasteiger charge is -2.20. The zero-order valence-corrected chi connectivity index (χ0v) is 12.2. The Morgan fingerprint density at radius 1 is 1.10 bits per heavy atom. The predicted octanol–water partition coefficient (Wildman–Crippen LogP) is 3.18. The van der Waals surface area contributed by atoms with E-state index >= 15 is 0 Å². The summed E-state index contributed by atoms with van der Waals surface area (Å²) in [7, 11) is 0. The number of amides is 1. The Hall–Kier alpha value is -2.29. The second-order valence-corrected chi connectivity index (χ2v) is 5.81. The van der Waals surface area contributed by atoms with E-state index < -0.39 is 0 Å². The number of carbonyl (C=O) groups is 1. The van der Waals surface area contributed by atoms with Gasteiger partial charge in [0.1, 0.15) is 0 Å². The van der Waals surface area contributed by atoms with Crippen LogP contribution in [-0.2, 0) is 10.2 Å². The van der Waals surface area contributed by atoms with Crippen LogP contribution >= 0.6 is 0 Å². The van der Waals surface area contributed by atoms with E-state index in [4.69, 9.17) is 5.73 Å². The molecule has 0 heterocycles. The molecule has 1 aliphatic rings. The number of anilines is 1. The SMILES string of the molecule is C[C@@H](NC(=O)C1(c2ccc(N)cc2)CC1)c1ccccc1. The Kier molecular flexibility index (Phi) is 3.42. The van der Waals surface area contributed by atoms with Crippen LogP contribution in [0.25, 0.3) is 0 Å². The summed E-state index contributed by atoms with van der Waals surface area (Å²) in [6, 6.07) is 17.7. The average molecular weight is 280 g/mol. The molecule has 2 aromatic rings. The highest BCUT2D eigenvalue weighted by Gasteiger charge is 2.51. The normalized spacial score (nSPS) is 17.0. The summed E-state index contributed by atoms with van der Waals surface area (Å²) in [5.41, 5.74) is 8.29. The van der Waals surface area contributed by atoms with Gasteiger partial charge < -0.3 is 11.1 Å². The van der Waals surface area contributed by atoms with Crippen LogP contribution in [0, 0.1) is 0 Å². The van der Waals surface area contributed by atoms with Gasteiger partial charge >= 0.3 is 0 Å². The number of hydrogen-bond acceptors (Lipinski definition) is 2. The lowest BCUT2D eigenvalue weighted by molar-refractivity contribution is -0.124. The fourth-order valence-electron chi connectivity index (χ4n) is 2.73. The molecule has 0 radical (unpaired) electrons. The number of nitrogen functional groups attached to an aromatic ring is 1. The minimum absolute atomic E-state index is 0.0185. The van der Waals surface area contributed by atoms with Crippen molar-refractivity contribution >= 4 is 11.6 Å². The second kappa shape index (κ2) is 5.24. The number of hydrogen-bond donors (Lipinski definition) is 2. The first kappa shape index (κ1) is 13.7. The van der Waals surface area contributed by atoms with Gasteiger partial charge in [-0.15, -0.1) is 0 Å². The second-order valence-electron chi connectivity index (χ2n) is 5.81. The molecule has 2 aromatic carbocycles. The summed E-state index contributed by atoms with van der Waals surface area (Å²) in [5, 5.41) is 3.14. The van der Waals surface area contributed by atoms with E-state index in [0.717, 1.165) is 29.7 Å². The standard InChI is InChI=1S/C18H20N2O/c1-13(14-5-3-2-4-6-14)20-17(21)18(11-12-18)15-7-9-16(19)10-8-15/h2-10,13H,11-12,19H2,1H3,(H,20,21)/t13-/m1/s1. The minimum Gasteiger partial charge on any atom is -0.399 e. The molecule has 1 atom stereocenters. The Labute approximate surface area is 125 Å². The molecule has 1 fully saturated rings. The Balaban J connectivity index is 1.75. The minimum atomic E-state index is -0.350. The van der Waals surface area contributed by atoms with Gasteiger partial charge in [0.2, 0.25) is 5.91 Å². The third-order valence-electron chi connectivity index (χ3n) is 4.30. The van der Waals surface area contributed by atoms with Gasteiger partial charge in [0, 0.05) is 5.69 Å². The highest BCUT2D eigenvalue weighted by atomic mass is 16.2. The monoisotopic (exact) mass is 280 g/mol. The third-order valence-corrected chi connectivity index (χ3v) is 4.30. The molecule has 3 heteroatoms. The number of rotatable bonds is 4. The maximum absolute atomic E-state index is 12.7. The van der Waals surface area contributed by atoms with Gasteiger partial charge in [-0.1, -0.05) is 42.5 Å². The van der Waals surface area contributed by atoms with Gasteiger partial charge in [-0.3, -0.25) is 4.79 Å².